The van der Waals surface area contributed by atoms with Gasteiger partial charge in [0.05, 0.1) is 5.69 Å². The van der Waals surface area contributed by atoms with Crippen molar-refractivity contribution < 1.29 is 8.42 Å². The molecule has 0 atom stereocenters. The van der Waals surface area contributed by atoms with Gasteiger partial charge in [-0.1, -0.05) is 0 Å². The number of nitrogens with zero attached hydrogens (tertiary/aromatic N) is 3. The first-order valence-corrected chi connectivity index (χ1v) is 7.37. The summed E-state index contributed by atoms with van der Waals surface area (Å²) in [6, 6.07) is 1.60. The fourth-order valence-corrected chi connectivity index (χ4v) is 2.83. The first kappa shape index (κ1) is 13.9. The van der Waals surface area contributed by atoms with Crippen LogP contribution in [0.4, 0.5) is 0 Å². The number of sulfonamides is 1. The average molecular weight is 283 g/mol. The van der Waals surface area contributed by atoms with Crippen LogP contribution in [0, 0.1) is 6.92 Å². The van der Waals surface area contributed by atoms with Gasteiger partial charge in [-0.2, -0.15) is 5.10 Å². The smallest absolute Gasteiger partial charge is 0.242 e. The Bertz CT molecular complexity index is 692. The van der Waals surface area contributed by atoms with Crippen LogP contribution in [0.15, 0.2) is 17.2 Å². The van der Waals surface area contributed by atoms with E-state index < -0.39 is 10.0 Å². The van der Waals surface area contributed by atoms with Gasteiger partial charge in [0.25, 0.3) is 0 Å². The van der Waals surface area contributed by atoms with Crippen LogP contribution in [0.5, 0.6) is 0 Å². The predicted octanol–water partition coefficient (Wildman–Crippen LogP) is -0.226. The monoisotopic (exact) mass is 283 g/mol. The number of hydrogen-bond donors (Lipinski definition) is 2. The van der Waals surface area contributed by atoms with Crippen LogP contribution in [0.3, 0.4) is 0 Å². The molecule has 0 spiro atoms. The third-order valence-corrected chi connectivity index (χ3v) is 4.24. The highest BCUT2D eigenvalue weighted by Gasteiger charge is 2.16. The molecule has 0 saturated carbocycles. The Labute approximate surface area is 112 Å². The summed E-state index contributed by atoms with van der Waals surface area (Å²) < 4.78 is 28.3. The maximum absolute atomic E-state index is 12.1. The molecule has 0 bridgehead atoms. The number of pyridine rings is 1. The quantitative estimate of drug-likeness (QED) is 0.740. The van der Waals surface area contributed by atoms with Gasteiger partial charge >= 0.3 is 0 Å². The zero-order valence-corrected chi connectivity index (χ0v) is 12.0. The Hall–Kier alpha value is -1.51. The summed E-state index contributed by atoms with van der Waals surface area (Å²) >= 11 is 0. The number of hydrogen-bond acceptors (Lipinski definition) is 5. The van der Waals surface area contributed by atoms with Crippen molar-refractivity contribution in [1.29, 1.82) is 0 Å². The Kier molecular flexibility index (Phi) is 3.83. The lowest BCUT2D eigenvalue weighted by Crippen LogP contribution is -2.30. The summed E-state index contributed by atoms with van der Waals surface area (Å²) in [6.07, 6.45) is 1.35. The Morgan fingerprint density at radius 1 is 1.37 bits per heavy atom. The molecular weight excluding hydrogens is 266 g/mol. The third-order valence-electron chi connectivity index (χ3n) is 2.82. The third kappa shape index (κ3) is 2.75. The molecule has 0 amide bonds. The summed E-state index contributed by atoms with van der Waals surface area (Å²) in [6.45, 7) is 2.73. The summed E-state index contributed by atoms with van der Waals surface area (Å²) in [5.74, 6) is 0. The molecule has 8 heteroatoms. The van der Waals surface area contributed by atoms with Crippen molar-refractivity contribution in [2.75, 3.05) is 20.1 Å². The molecule has 0 aliphatic rings. The molecule has 2 heterocycles. The minimum atomic E-state index is -3.52. The summed E-state index contributed by atoms with van der Waals surface area (Å²) in [5, 5.41) is 7.84. The highest BCUT2D eigenvalue weighted by molar-refractivity contribution is 7.89. The standard InChI is InChI=1S/C11H17N5O2S/c1-8-10-6-9(7-13-11(10)16(3)15-8)19(17,18)14-5-4-12-2/h6-7,12,14H,4-5H2,1-3H3. The van der Waals surface area contributed by atoms with E-state index in [1.54, 1.807) is 24.8 Å². The van der Waals surface area contributed by atoms with Gasteiger partial charge in [0, 0.05) is 31.7 Å². The van der Waals surface area contributed by atoms with Gasteiger partial charge in [-0.25, -0.2) is 18.1 Å². The molecule has 0 aliphatic carbocycles. The highest BCUT2D eigenvalue weighted by atomic mass is 32.2. The van der Waals surface area contributed by atoms with Crippen LogP contribution >= 0.6 is 0 Å². The number of nitrogens with one attached hydrogen (secondary N) is 2. The van der Waals surface area contributed by atoms with Crippen LogP contribution in [-0.4, -0.2) is 43.3 Å². The molecule has 2 rings (SSSR count). The van der Waals surface area contributed by atoms with Crippen molar-refractivity contribution in [1.82, 2.24) is 24.8 Å². The molecular formula is C11H17N5O2S. The van der Waals surface area contributed by atoms with E-state index in [1.165, 1.54) is 6.20 Å². The number of rotatable bonds is 5. The number of likely N-dealkylation sites (N-methyl/N-ethyl adjacent to an activating group) is 1. The zero-order chi connectivity index (χ0) is 14.0. The second-order valence-electron chi connectivity index (χ2n) is 4.25. The lowest BCUT2D eigenvalue weighted by Gasteiger charge is -2.06. The van der Waals surface area contributed by atoms with Crippen LogP contribution in [0.25, 0.3) is 11.0 Å². The average Bonchev–Trinajstić information content (AvgIpc) is 2.65. The van der Waals surface area contributed by atoms with Gasteiger partial charge in [-0.05, 0) is 20.0 Å². The largest absolute Gasteiger partial charge is 0.318 e. The van der Waals surface area contributed by atoms with Crippen LogP contribution in [-0.2, 0) is 17.1 Å². The first-order chi connectivity index (χ1) is 8.95. The van der Waals surface area contributed by atoms with E-state index >= 15 is 0 Å². The van der Waals surface area contributed by atoms with Gasteiger partial charge in [0.15, 0.2) is 5.65 Å². The molecule has 0 unspecified atom stereocenters. The van der Waals surface area contributed by atoms with Crippen LogP contribution in [0.1, 0.15) is 5.69 Å². The molecule has 0 saturated heterocycles. The molecule has 104 valence electrons. The van der Waals surface area contributed by atoms with E-state index in [9.17, 15) is 8.42 Å². The summed E-state index contributed by atoms with van der Waals surface area (Å²) in [4.78, 5) is 4.32. The van der Waals surface area contributed by atoms with Crippen molar-refractivity contribution in [3.63, 3.8) is 0 Å². The molecule has 2 aromatic rings. The normalized spacial score (nSPS) is 12.2. The Balaban J connectivity index is 2.37. The second kappa shape index (κ2) is 5.24. The molecule has 0 radical (unpaired) electrons. The van der Waals surface area contributed by atoms with Gasteiger partial charge in [0.1, 0.15) is 4.90 Å². The zero-order valence-electron chi connectivity index (χ0n) is 11.1. The Morgan fingerprint density at radius 2 is 2.11 bits per heavy atom. The maximum Gasteiger partial charge on any atom is 0.242 e. The van der Waals surface area contributed by atoms with E-state index in [0.29, 0.717) is 18.7 Å². The fourth-order valence-electron chi connectivity index (χ4n) is 1.83. The molecule has 19 heavy (non-hydrogen) atoms. The van der Waals surface area contributed by atoms with Crippen molar-refractivity contribution >= 4 is 21.1 Å². The Morgan fingerprint density at radius 3 is 2.79 bits per heavy atom. The molecule has 0 fully saturated rings. The van der Waals surface area contributed by atoms with Crippen molar-refractivity contribution in [3.05, 3.63) is 18.0 Å². The van der Waals surface area contributed by atoms with E-state index in [1.807, 2.05) is 6.92 Å². The number of fused-ring (bicyclic) bond motifs is 1. The predicted molar refractivity (Wildman–Crippen MR) is 72.4 cm³/mol. The van der Waals surface area contributed by atoms with Gasteiger partial charge in [0.2, 0.25) is 10.0 Å². The molecule has 2 N–H and O–H groups in total. The second-order valence-corrected chi connectivity index (χ2v) is 6.02. The molecule has 7 nitrogen and oxygen atoms in total. The minimum absolute atomic E-state index is 0.159. The number of aryl methyl sites for hydroxylation is 2. The lowest BCUT2D eigenvalue weighted by molar-refractivity contribution is 0.579. The topological polar surface area (TPSA) is 88.9 Å². The molecule has 0 aliphatic heterocycles. The van der Waals surface area contributed by atoms with Crippen molar-refractivity contribution in [2.24, 2.45) is 7.05 Å². The maximum atomic E-state index is 12.1. The van der Waals surface area contributed by atoms with Crippen molar-refractivity contribution in [2.45, 2.75) is 11.8 Å². The molecule has 0 aromatic carbocycles. The number of aromatic nitrogens is 3. The van der Waals surface area contributed by atoms with Gasteiger partial charge in [-0.3, -0.25) is 4.68 Å². The van der Waals surface area contributed by atoms with E-state index in [-0.39, 0.29) is 4.90 Å². The van der Waals surface area contributed by atoms with Gasteiger partial charge < -0.3 is 5.32 Å². The lowest BCUT2D eigenvalue weighted by atomic mass is 10.3. The fraction of sp³-hybridized carbons (Fsp3) is 0.455. The SMILES string of the molecule is CNCCNS(=O)(=O)c1cnc2c(c1)c(C)nn2C. The van der Waals surface area contributed by atoms with Crippen molar-refractivity contribution in [3.8, 4) is 0 Å². The molecule has 2 aromatic heterocycles. The van der Waals surface area contributed by atoms with Gasteiger partial charge in [-0.15, -0.1) is 0 Å². The highest BCUT2D eigenvalue weighted by Crippen LogP contribution is 2.18. The van der Waals surface area contributed by atoms with E-state index in [2.05, 4.69) is 20.1 Å². The summed E-state index contributed by atoms with van der Waals surface area (Å²) in [7, 11) is 0.0232. The van der Waals surface area contributed by atoms with E-state index in [4.69, 9.17) is 0 Å². The van der Waals surface area contributed by atoms with Crippen LogP contribution in [0.2, 0.25) is 0 Å². The minimum Gasteiger partial charge on any atom is -0.318 e. The first-order valence-electron chi connectivity index (χ1n) is 5.89. The van der Waals surface area contributed by atoms with Crippen LogP contribution < -0.4 is 10.0 Å². The van der Waals surface area contributed by atoms with E-state index in [0.717, 1.165) is 11.1 Å². The summed E-state index contributed by atoms with van der Waals surface area (Å²) in [5.41, 5.74) is 1.43.